The second-order valence-electron chi connectivity index (χ2n) is 7.22. The Hall–Kier alpha value is -3.19. The normalized spacial score (nSPS) is 12.7. The van der Waals surface area contributed by atoms with Crippen molar-refractivity contribution < 1.29 is 0 Å². The van der Waals surface area contributed by atoms with Gasteiger partial charge in [-0.1, -0.05) is 72.8 Å². The summed E-state index contributed by atoms with van der Waals surface area (Å²) < 4.78 is 0. The molecule has 1 nitrogen and oxygen atoms in total. The van der Waals surface area contributed by atoms with E-state index in [9.17, 15) is 0 Å². The van der Waals surface area contributed by atoms with E-state index in [2.05, 4.69) is 79.7 Å². The highest BCUT2D eigenvalue weighted by atomic mass is 14.7. The van der Waals surface area contributed by atoms with Gasteiger partial charge in [-0.3, -0.25) is 4.98 Å². The minimum Gasteiger partial charge on any atom is -0.252 e. The first-order valence-corrected chi connectivity index (χ1v) is 9.13. The van der Waals surface area contributed by atoms with Crippen molar-refractivity contribution in [1.29, 1.82) is 0 Å². The van der Waals surface area contributed by atoms with Crippen molar-refractivity contribution in [2.75, 3.05) is 0 Å². The van der Waals surface area contributed by atoms with Crippen molar-refractivity contribution in [3.63, 3.8) is 0 Å². The van der Waals surface area contributed by atoms with E-state index in [1.165, 1.54) is 54.7 Å². The summed E-state index contributed by atoms with van der Waals surface area (Å²) in [6.07, 6.45) is 0.966. The summed E-state index contributed by atoms with van der Waals surface area (Å²) in [5.41, 5.74) is 6.39. The standard InChI is InChI=1S/C25H17N/c1-15-17-7-4-5-9-19(17)24-14-23-21-11-10-16-6-2-3-8-18(16)20(21)12-13-22(23)25(24)26-15/h2-13H,14H2,1H3. The number of aromatic nitrogens is 1. The SMILES string of the molecule is Cc1nc2c(c3ccccc13)Cc1c-2ccc2c1ccc1ccccc12. The Bertz CT molecular complexity index is 1360. The minimum atomic E-state index is 0.966. The lowest BCUT2D eigenvalue weighted by molar-refractivity contribution is 1.21. The van der Waals surface area contributed by atoms with Crippen molar-refractivity contribution in [2.45, 2.75) is 13.3 Å². The zero-order valence-corrected chi connectivity index (χ0v) is 14.6. The molecule has 0 saturated carbocycles. The van der Waals surface area contributed by atoms with Gasteiger partial charge in [-0.25, -0.2) is 0 Å². The maximum Gasteiger partial charge on any atom is 0.0750 e. The van der Waals surface area contributed by atoms with Gasteiger partial charge in [-0.15, -0.1) is 0 Å². The van der Waals surface area contributed by atoms with E-state index < -0.39 is 0 Å². The maximum atomic E-state index is 4.99. The van der Waals surface area contributed by atoms with Crippen molar-refractivity contribution in [3.8, 4) is 11.3 Å². The summed E-state index contributed by atoms with van der Waals surface area (Å²) in [7, 11) is 0. The molecule has 0 amide bonds. The fourth-order valence-corrected chi connectivity index (χ4v) is 4.63. The van der Waals surface area contributed by atoms with E-state index in [0.29, 0.717) is 0 Å². The van der Waals surface area contributed by atoms with Crippen molar-refractivity contribution in [2.24, 2.45) is 0 Å². The number of aryl methyl sites for hydroxylation is 1. The number of hydrogen-bond donors (Lipinski definition) is 0. The van der Waals surface area contributed by atoms with Crippen LogP contribution in [0.2, 0.25) is 0 Å². The molecule has 1 aliphatic carbocycles. The van der Waals surface area contributed by atoms with Gasteiger partial charge in [0.1, 0.15) is 0 Å². The molecule has 0 fully saturated rings. The number of rotatable bonds is 0. The molecular weight excluding hydrogens is 314 g/mol. The quantitative estimate of drug-likeness (QED) is 0.293. The topological polar surface area (TPSA) is 12.9 Å². The van der Waals surface area contributed by atoms with Crippen LogP contribution in [0.5, 0.6) is 0 Å². The fourth-order valence-electron chi connectivity index (χ4n) is 4.63. The summed E-state index contributed by atoms with van der Waals surface area (Å²) in [6.45, 7) is 2.12. The summed E-state index contributed by atoms with van der Waals surface area (Å²) >= 11 is 0. The van der Waals surface area contributed by atoms with Crippen LogP contribution in [-0.4, -0.2) is 4.98 Å². The lowest BCUT2D eigenvalue weighted by atomic mass is 9.96. The van der Waals surface area contributed by atoms with Crippen molar-refractivity contribution in [1.82, 2.24) is 4.98 Å². The van der Waals surface area contributed by atoms with Crippen LogP contribution in [0.3, 0.4) is 0 Å². The Labute approximate surface area is 151 Å². The molecule has 0 radical (unpaired) electrons. The molecule has 122 valence electrons. The van der Waals surface area contributed by atoms with Gasteiger partial charge in [-0.2, -0.15) is 0 Å². The lowest BCUT2D eigenvalue weighted by Gasteiger charge is -2.09. The predicted molar refractivity (Wildman–Crippen MR) is 110 cm³/mol. The number of pyridine rings is 1. The predicted octanol–water partition coefficient (Wildman–Crippen LogP) is 6.42. The smallest absolute Gasteiger partial charge is 0.0750 e. The molecular formula is C25H17N. The second kappa shape index (κ2) is 4.92. The van der Waals surface area contributed by atoms with Gasteiger partial charge in [0.05, 0.1) is 5.69 Å². The van der Waals surface area contributed by atoms with E-state index in [1.807, 2.05) is 0 Å². The van der Waals surface area contributed by atoms with Gasteiger partial charge < -0.3 is 0 Å². The third kappa shape index (κ3) is 1.72. The third-order valence-electron chi connectivity index (χ3n) is 5.85. The molecule has 26 heavy (non-hydrogen) atoms. The largest absolute Gasteiger partial charge is 0.252 e. The summed E-state index contributed by atoms with van der Waals surface area (Å²) in [6, 6.07) is 26.4. The molecule has 6 rings (SSSR count). The molecule has 0 bridgehead atoms. The van der Waals surface area contributed by atoms with Crippen LogP contribution >= 0.6 is 0 Å². The molecule has 0 unspecified atom stereocenters. The van der Waals surface area contributed by atoms with Crippen LogP contribution in [0.1, 0.15) is 16.8 Å². The fraction of sp³-hybridized carbons (Fsp3) is 0.0800. The molecule has 0 spiro atoms. The first kappa shape index (κ1) is 14.0. The molecule has 1 aromatic heterocycles. The Kier molecular flexibility index (Phi) is 2.66. The van der Waals surface area contributed by atoms with Gasteiger partial charge >= 0.3 is 0 Å². The zero-order valence-electron chi connectivity index (χ0n) is 14.6. The molecule has 0 aliphatic heterocycles. The zero-order chi connectivity index (χ0) is 17.3. The van der Waals surface area contributed by atoms with Crippen molar-refractivity contribution in [3.05, 3.63) is 89.6 Å². The number of nitrogens with zero attached hydrogens (tertiary/aromatic N) is 1. The van der Waals surface area contributed by atoms with Crippen molar-refractivity contribution >= 4 is 32.3 Å². The highest BCUT2D eigenvalue weighted by Crippen LogP contribution is 2.43. The summed E-state index contributed by atoms with van der Waals surface area (Å²) in [5, 5.41) is 7.96. The minimum absolute atomic E-state index is 0.966. The van der Waals surface area contributed by atoms with E-state index in [-0.39, 0.29) is 0 Å². The molecule has 1 heterocycles. The molecule has 1 aliphatic rings. The maximum absolute atomic E-state index is 4.99. The molecule has 0 atom stereocenters. The number of hydrogen-bond acceptors (Lipinski definition) is 1. The second-order valence-corrected chi connectivity index (χ2v) is 7.22. The highest BCUT2D eigenvalue weighted by molar-refractivity contribution is 6.11. The lowest BCUT2D eigenvalue weighted by Crippen LogP contribution is -1.92. The van der Waals surface area contributed by atoms with Gasteiger partial charge in [-0.05, 0) is 45.0 Å². The average Bonchev–Trinajstić information content (AvgIpc) is 3.07. The van der Waals surface area contributed by atoms with Gasteiger partial charge in [0.15, 0.2) is 0 Å². The van der Waals surface area contributed by atoms with Crippen LogP contribution in [0.4, 0.5) is 0 Å². The first-order valence-electron chi connectivity index (χ1n) is 9.13. The molecule has 0 saturated heterocycles. The average molecular weight is 331 g/mol. The Morgan fingerprint density at radius 2 is 1.31 bits per heavy atom. The monoisotopic (exact) mass is 331 g/mol. The van der Waals surface area contributed by atoms with E-state index in [4.69, 9.17) is 4.98 Å². The van der Waals surface area contributed by atoms with E-state index in [1.54, 1.807) is 0 Å². The number of fused-ring (bicyclic) bond motifs is 9. The summed E-state index contributed by atoms with van der Waals surface area (Å²) in [5.74, 6) is 0. The first-order chi connectivity index (χ1) is 12.8. The van der Waals surface area contributed by atoms with Gasteiger partial charge in [0, 0.05) is 23.1 Å². The summed E-state index contributed by atoms with van der Waals surface area (Å²) in [4.78, 5) is 4.99. The van der Waals surface area contributed by atoms with Gasteiger partial charge in [0.2, 0.25) is 0 Å². The molecule has 5 aromatic rings. The molecule has 1 heteroatoms. The molecule has 4 aromatic carbocycles. The van der Waals surface area contributed by atoms with Crippen LogP contribution in [-0.2, 0) is 6.42 Å². The third-order valence-corrected chi connectivity index (χ3v) is 5.85. The van der Waals surface area contributed by atoms with E-state index in [0.717, 1.165) is 12.1 Å². The Balaban J connectivity index is 1.72. The Morgan fingerprint density at radius 1 is 0.615 bits per heavy atom. The van der Waals surface area contributed by atoms with Crippen LogP contribution in [0, 0.1) is 6.92 Å². The molecule has 0 N–H and O–H groups in total. The van der Waals surface area contributed by atoms with Crippen LogP contribution in [0.15, 0.2) is 72.8 Å². The Morgan fingerprint density at radius 3 is 2.19 bits per heavy atom. The number of benzene rings is 4. The van der Waals surface area contributed by atoms with E-state index >= 15 is 0 Å². The van der Waals surface area contributed by atoms with Crippen LogP contribution < -0.4 is 0 Å². The highest BCUT2D eigenvalue weighted by Gasteiger charge is 2.24. The van der Waals surface area contributed by atoms with Gasteiger partial charge in [0.25, 0.3) is 0 Å². The van der Waals surface area contributed by atoms with Crippen LogP contribution in [0.25, 0.3) is 43.6 Å².